The number of benzene rings is 1. The van der Waals surface area contributed by atoms with Crippen LogP contribution in [-0.4, -0.2) is 33.9 Å². The van der Waals surface area contributed by atoms with E-state index in [4.69, 9.17) is 0 Å². The van der Waals surface area contributed by atoms with Gasteiger partial charge in [-0.2, -0.15) is 0 Å². The average Bonchev–Trinajstić information content (AvgIpc) is 2.58. The van der Waals surface area contributed by atoms with E-state index < -0.39 is 0 Å². The molecule has 1 fully saturated rings. The monoisotopic (exact) mass is 324 g/mol. The van der Waals surface area contributed by atoms with Gasteiger partial charge in [-0.25, -0.2) is 9.97 Å². The first-order chi connectivity index (χ1) is 11.5. The Bertz CT molecular complexity index is 736. The molecule has 0 unspecified atom stereocenters. The van der Waals surface area contributed by atoms with E-state index in [1.807, 2.05) is 18.7 Å². The minimum atomic E-state index is -0.00619. The molecule has 1 amide bonds. The van der Waals surface area contributed by atoms with Gasteiger partial charge in [-0.15, -0.1) is 0 Å². The Morgan fingerprint density at radius 2 is 1.96 bits per heavy atom. The topological polar surface area (TPSA) is 58.1 Å². The summed E-state index contributed by atoms with van der Waals surface area (Å²) >= 11 is 0. The van der Waals surface area contributed by atoms with E-state index in [9.17, 15) is 4.79 Å². The van der Waals surface area contributed by atoms with Crippen molar-refractivity contribution in [1.29, 1.82) is 0 Å². The minimum absolute atomic E-state index is 0.00619. The summed E-state index contributed by atoms with van der Waals surface area (Å²) in [4.78, 5) is 23.2. The number of hydrogen-bond acceptors (Lipinski definition) is 4. The molecule has 126 valence electrons. The summed E-state index contributed by atoms with van der Waals surface area (Å²) in [6, 6.07) is 7.87. The largest absolute Gasteiger partial charge is 0.337 e. The molecule has 0 bridgehead atoms. The van der Waals surface area contributed by atoms with Crippen LogP contribution in [0.15, 0.2) is 30.5 Å². The molecule has 5 heteroatoms. The standard InChI is InChI=1S/C19H24N4O/c1-13-7-10-23(11-8-13)18(24)16-6-9-20-19(21-16)22-17-12-14(2)4-5-15(17)3/h4-6,9,12-13H,7-8,10-11H2,1-3H3,(H,20,21,22). The molecule has 5 nitrogen and oxygen atoms in total. The van der Waals surface area contributed by atoms with Crippen LogP contribution in [-0.2, 0) is 0 Å². The summed E-state index contributed by atoms with van der Waals surface area (Å²) in [7, 11) is 0. The molecular formula is C19H24N4O. The van der Waals surface area contributed by atoms with Crippen molar-refractivity contribution in [3.63, 3.8) is 0 Å². The molecule has 2 heterocycles. The van der Waals surface area contributed by atoms with Crippen molar-refractivity contribution in [2.75, 3.05) is 18.4 Å². The number of carbonyl (C=O) groups excluding carboxylic acids is 1. The molecule has 0 radical (unpaired) electrons. The molecule has 1 aromatic heterocycles. The minimum Gasteiger partial charge on any atom is -0.337 e. The van der Waals surface area contributed by atoms with Gasteiger partial charge in [0.2, 0.25) is 5.95 Å². The molecule has 1 aliphatic rings. The molecule has 1 aromatic carbocycles. The lowest BCUT2D eigenvalue weighted by atomic mass is 9.99. The van der Waals surface area contributed by atoms with Crippen molar-refractivity contribution in [3.05, 3.63) is 47.3 Å². The third-order valence-electron chi connectivity index (χ3n) is 4.59. The summed E-state index contributed by atoms with van der Waals surface area (Å²) in [6.07, 6.45) is 3.76. The van der Waals surface area contributed by atoms with Crippen molar-refractivity contribution in [1.82, 2.24) is 14.9 Å². The van der Waals surface area contributed by atoms with Crippen LogP contribution in [0.4, 0.5) is 11.6 Å². The van der Waals surface area contributed by atoms with Gasteiger partial charge in [-0.05, 0) is 55.9 Å². The first kappa shape index (κ1) is 16.4. The van der Waals surface area contributed by atoms with Gasteiger partial charge < -0.3 is 10.2 Å². The van der Waals surface area contributed by atoms with Crippen molar-refractivity contribution in [2.24, 2.45) is 5.92 Å². The Morgan fingerprint density at radius 3 is 2.71 bits per heavy atom. The van der Waals surface area contributed by atoms with Crippen LogP contribution in [0.2, 0.25) is 0 Å². The summed E-state index contributed by atoms with van der Waals surface area (Å²) in [5, 5.41) is 3.23. The van der Waals surface area contributed by atoms with Crippen molar-refractivity contribution in [3.8, 4) is 0 Å². The van der Waals surface area contributed by atoms with Gasteiger partial charge in [0.15, 0.2) is 0 Å². The molecule has 3 rings (SSSR count). The van der Waals surface area contributed by atoms with Gasteiger partial charge in [0.1, 0.15) is 5.69 Å². The summed E-state index contributed by atoms with van der Waals surface area (Å²) in [6.45, 7) is 7.93. The fourth-order valence-corrected chi connectivity index (χ4v) is 2.90. The quantitative estimate of drug-likeness (QED) is 0.935. The zero-order valence-electron chi connectivity index (χ0n) is 14.5. The highest BCUT2D eigenvalue weighted by Crippen LogP contribution is 2.21. The van der Waals surface area contributed by atoms with E-state index in [-0.39, 0.29) is 5.91 Å². The number of nitrogens with zero attached hydrogens (tertiary/aromatic N) is 3. The van der Waals surface area contributed by atoms with Crippen LogP contribution in [0, 0.1) is 19.8 Å². The number of likely N-dealkylation sites (tertiary alicyclic amines) is 1. The van der Waals surface area contributed by atoms with Gasteiger partial charge in [-0.1, -0.05) is 19.1 Å². The smallest absolute Gasteiger partial charge is 0.272 e. The fraction of sp³-hybridized carbons (Fsp3) is 0.421. The highest BCUT2D eigenvalue weighted by atomic mass is 16.2. The lowest BCUT2D eigenvalue weighted by Crippen LogP contribution is -2.38. The zero-order chi connectivity index (χ0) is 17.1. The molecule has 0 saturated carbocycles. The molecule has 0 spiro atoms. The second-order valence-electron chi connectivity index (χ2n) is 6.68. The molecule has 24 heavy (non-hydrogen) atoms. The van der Waals surface area contributed by atoms with Gasteiger partial charge >= 0.3 is 0 Å². The van der Waals surface area contributed by atoms with Gasteiger partial charge in [-0.3, -0.25) is 4.79 Å². The van der Waals surface area contributed by atoms with Crippen molar-refractivity contribution >= 4 is 17.5 Å². The summed E-state index contributed by atoms with van der Waals surface area (Å²) in [5.41, 5.74) is 3.70. The molecule has 0 atom stereocenters. The maximum atomic E-state index is 12.6. The predicted octanol–water partition coefficient (Wildman–Crippen LogP) is 3.71. The van der Waals surface area contributed by atoms with Crippen molar-refractivity contribution < 1.29 is 4.79 Å². The van der Waals surface area contributed by atoms with Crippen molar-refractivity contribution in [2.45, 2.75) is 33.6 Å². The van der Waals surface area contributed by atoms with E-state index in [2.05, 4.69) is 40.4 Å². The normalized spacial score (nSPS) is 15.4. The number of nitrogens with one attached hydrogen (secondary N) is 1. The Labute approximate surface area is 143 Å². The third kappa shape index (κ3) is 3.72. The fourth-order valence-electron chi connectivity index (χ4n) is 2.90. The zero-order valence-corrected chi connectivity index (χ0v) is 14.5. The van der Waals surface area contributed by atoms with Crippen LogP contribution < -0.4 is 5.32 Å². The van der Waals surface area contributed by atoms with Gasteiger partial charge in [0.25, 0.3) is 5.91 Å². The Kier molecular flexibility index (Phi) is 4.79. The Balaban J connectivity index is 1.76. The number of piperidine rings is 1. The number of anilines is 2. The highest BCUT2D eigenvalue weighted by Gasteiger charge is 2.22. The van der Waals surface area contributed by atoms with Crippen LogP contribution in [0.25, 0.3) is 0 Å². The van der Waals surface area contributed by atoms with Gasteiger partial charge in [0.05, 0.1) is 0 Å². The average molecular weight is 324 g/mol. The molecule has 2 aromatic rings. The lowest BCUT2D eigenvalue weighted by Gasteiger charge is -2.30. The lowest BCUT2D eigenvalue weighted by molar-refractivity contribution is 0.0691. The van der Waals surface area contributed by atoms with E-state index in [1.54, 1.807) is 12.3 Å². The SMILES string of the molecule is Cc1ccc(C)c(Nc2nccc(C(=O)N3CCC(C)CC3)n2)c1. The maximum absolute atomic E-state index is 12.6. The second-order valence-corrected chi connectivity index (χ2v) is 6.68. The predicted molar refractivity (Wildman–Crippen MR) is 95.5 cm³/mol. The van der Waals surface area contributed by atoms with Crippen LogP contribution in [0.1, 0.15) is 41.4 Å². The second kappa shape index (κ2) is 6.99. The molecule has 1 saturated heterocycles. The number of rotatable bonds is 3. The van der Waals surface area contributed by atoms with Crippen LogP contribution >= 0.6 is 0 Å². The molecule has 0 aliphatic carbocycles. The third-order valence-corrected chi connectivity index (χ3v) is 4.59. The summed E-state index contributed by atoms with van der Waals surface area (Å²) < 4.78 is 0. The van der Waals surface area contributed by atoms with E-state index >= 15 is 0 Å². The molecule has 1 aliphatic heterocycles. The highest BCUT2D eigenvalue weighted by molar-refractivity contribution is 5.92. The summed E-state index contributed by atoms with van der Waals surface area (Å²) in [5.74, 6) is 1.15. The first-order valence-corrected chi connectivity index (χ1v) is 8.49. The van der Waals surface area contributed by atoms with E-state index in [0.717, 1.165) is 42.7 Å². The number of aryl methyl sites for hydroxylation is 2. The molecular weight excluding hydrogens is 300 g/mol. The van der Waals surface area contributed by atoms with Gasteiger partial charge in [0, 0.05) is 25.0 Å². The van der Waals surface area contributed by atoms with Crippen LogP contribution in [0.5, 0.6) is 0 Å². The number of carbonyl (C=O) groups is 1. The van der Waals surface area contributed by atoms with E-state index in [1.165, 1.54) is 0 Å². The van der Waals surface area contributed by atoms with Crippen LogP contribution in [0.3, 0.4) is 0 Å². The number of amides is 1. The number of hydrogen-bond donors (Lipinski definition) is 1. The molecule has 1 N–H and O–H groups in total. The first-order valence-electron chi connectivity index (χ1n) is 8.49. The maximum Gasteiger partial charge on any atom is 0.272 e. The Hall–Kier alpha value is -2.43. The van der Waals surface area contributed by atoms with E-state index in [0.29, 0.717) is 17.6 Å². The Morgan fingerprint density at radius 1 is 1.21 bits per heavy atom. The number of aromatic nitrogens is 2.